The molecule has 236 valence electrons. The van der Waals surface area contributed by atoms with Crippen LogP contribution >= 0.6 is 0 Å². The van der Waals surface area contributed by atoms with Crippen LogP contribution in [0, 0.1) is 18.6 Å². The van der Waals surface area contributed by atoms with E-state index in [1.807, 2.05) is 19.1 Å². The molecule has 0 aromatic heterocycles. The van der Waals surface area contributed by atoms with E-state index in [4.69, 9.17) is 10.5 Å². The molecule has 4 N–H and O–H groups in total. The number of ether oxygens (including phenoxy) is 1. The average Bonchev–Trinajstić information content (AvgIpc) is 3.00. The summed E-state index contributed by atoms with van der Waals surface area (Å²) in [5.41, 5.74) is 10.5. The predicted octanol–water partition coefficient (Wildman–Crippen LogP) is 5.10. The van der Waals surface area contributed by atoms with Gasteiger partial charge in [0.25, 0.3) is 5.91 Å². The Bertz CT molecular complexity index is 1410. The number of aliphatic hydroxyl groups is 1. The molecule has 1 amide bonds. The van der Waals surface area contributed by atoms with Crippen LogP contribution in [0.1, 0.15) is 75.6 Å². The molecule has 3 atom stereocenters. The first-order chi connectivity index (χ1) is 21.2. The topological polar surface area (TPSA) is 105 Å². The summed E-state index contributed by atoms with van der Waals surface area (Å²) in [7, 11) is 0. The van der Waals surface area contributed by atoms with E-state index in [0.29, 0.717) is 30.6 Å². The Morgan fingerprint density at radius 3 is 2.48 bits per heavy atom. The van der Waals surface area contributed by atoms with Gasteiger partial charge in [-0.25, -0.2) is 13.6 Å². The molecular weight excluding hydrogens is 564 g/mol. The van der Waals surface area contributed by atoms with Crippen LogP contribution in [0.2, 0.25) is 0 Å². The molecular formula is C35H43F2N3O4. The molecule has 3 unspecified atom stereocenters. The molecule has 0 radical (unpaired) electrons. The molecule has 1 heterocycles. The monoisotopic (exact) mass is 607 g/mol. The summed E-state index contributed by atoms with van der Waals surface area (Å²) < 4.78 is 33.7. The number of hydrogen-bond acceptors (Lipinski definition) is 6. The highest BCUT2D eigenvalue weighted by Gasteiger charge is 2.29. The lowest BCUT2D eigenvalue weighted by atomic mass is 9.97. The number of hydrogen-bond donors (Lipinski definition) is 3. The molecule has 1 saturated heterocycles. The number of rotatable bonds is 13. The molecule has 1 fully saturated rings. The first kappa shape index (κ1) is 33.2. The summed E-state index contributed by atoms with van der Waals surface area (Å²) in [6, 6.07) is 15.5. The summed E-state index contributed by atoms with van der Waals surface area (Å²) in [6.45, 7) is 5.21. The van der Waals surface area contributed by atoms with E-state index in [-0.39, 0.29) is 37.1 Å². The lowest BCUT2D eigenvalue weighted by Crippen LogP contribution is -2.46. The standard InChI is InChI=1S/C35H43F2N3O4/c1-3-24-7-6-8-25(15-24)21-39-22-33(32(38)18-26-16-29(36)20-30(37)17-26)44-35(43)28-14-23(2)13-27(19-28)34(42)40-11-5-4-9-31(40)10-12-41/h6-8,13-17,19-20,31-33,39,41H,3-5,9-12,18,21-22,38H2,1-2H3. The summed E-state index contributed by atoms with van der Waals surface area (Å²) >= 11 is 0. The second-order valence-electron chi connectivity index (χ2n) is 11.6. The predicted molar refractivity (Wildman–Crippen MR) is 166 cm³/mol. The molecule has 1 aliphatic rings. The smallest absolute Gasteiger partial charge is 0.338 e. The Morgan fingerprint density at radius 2 is 1.75 bits per heavy atom. The number of piperidine rings is 1. The van der Waals surface area contributed by atoms with Crippen LogP contribution in [-0.4, -0.2) is 59.8 Å². The van der Waals surface area contributed by atoms with Gasteiger partial charge in [0, 0.05) is 50.0 Å². The first-order valence-electron chi connectivity index (χ1n) is 15.4. The van der Waals surface area contributed by atoms with Crippen molar-refractivity contribution in [2.75, 3.05) is 19.7 Å². The second-order valence-corrected chi connectivity index (χ2v) is 11.6. The SMILES string of the molecule is CCc1cccc(CNCC(OC(=O)c2cc(C)cc(C(=O)N3CCCCC3CCO)c2)C(N)Cc2cc(F)cc(F)c2)c1. The largest absolute Gasteiger partial charge is 0.456 e. The first-order valence-corrected chi connectivity index (χ1v) is 15.4. The minimum atomic E-state index is -0.834. The van der Waals surface area contributed by atoms with Gasteiger partial charge in [0.05, 0.1) is 5.56 Å². The quantitative estimate of drug-likeness (QED) is 0.234. The van der Waals surface area contributed by atoms with E-state index in [2.05, 4.69) is 24.4 Å². The van der Waals surface area contributed by atoms with Crippen LogP contribution in [0.3, 0.4) is 0 Å². The van der Waals surface area contributed by atoms with Crippen molar-refractivity contribution < 1.29 is 28.2 Å². The van der Waals surface area contributed by atoms with Crippen LogP contribution in [0.25, 0.3) is 0 Å². The number of likely N-dealkylation sites (tertiary alicyclic amines) is 1. The minimum Gasteiger partial charge on any atom is -0.456 e. The van der Waals surface area contributed by atoms with Crippen molar-refractivity contribution >= 4 is 11.9 Å². The number of halogens is 2. The summed E-state index contributed by atoms with van der Waals surface area (Å²) in [4.78, 5) is 28.8. The number of aliphatic hydroxyl groups excluding tert-OH is 1. The number of amides is 1. The average molecular weight is 608 g/mol. The maximum atomic E-state index is 13.9. The van der Waals surface area contributed by atoms with E-state index >= 15 is 0 Å². The summed E-state index contributed by atoms with van der Waals surface area (Å²) in [6.07, 6.45) is 3.39. The summed E-state index contributed by atoms with van der Waals surface area (Å²) in [5, 5.41) is 12.8. The maximum Gasteiger partial charge on any atom is 0.338 e. The van der Waals surface area contributed by atoms with Gasteiger partial charge in [0.2, 0.25) is 0 Å². The lowest BCUT2D eigenvalue weighted by Gasteiger charge is -2.35. The van der Waals surface area contributed by atoms with E-state index in [1.54, 1.807) is 17.0 Å². The van der Waals surface area contributed by atoms with E-state index < -0.39 is 29.7 Å². The maximum absolute atomic E-state index is 13.9. The molecule has 7 nitrogen and oxygen atoms in total. The van der Waals surface area contributed by atoms with E-state index in [0.717, 1.165) is 42.9 Å². The zero-order valence-electron chi connectivity index (χ0n) is 25.5. The van der Waals surface area contributed by atoms with Crippen molar-refractivity contribution in [3.63, 3.8) is 0 Å². The van der Waals surface area contributed by atoms with Gasteiger partial charge < -0.3 is 25.8 Å². The third-order valence-corrected chi connectivity index (χ3v) is 8.11. The van der Waals surface area contributed by atoms with Gasteiger partial charge in [0.15, 0.2) is 0 Å². The Labute approximate surface area is 258 Å². The number of benzene rings is 3. The fourth-order valence-electron chi connectivity index (χ4n) is 5.84. The van der Waals surface area contributed by atoms with E-state index in [1.165, 1.54) is 23.8 Å². The van der Waals surface area contributed by atoms with Crippen molar-refractivity contribution in [2.45, 2.75) is 77.1 Å². The molecule has 3 aromatic rings. The number of aryl methyl sites for hydroxylation is 2. The number of carbonyl (C=O) groups excluding carboxylic acids is 2. The zero-order valence-corrected chi connectivity index (χ0v) is 25.5. The van der Waals surface area contributed by atoms with Crippen molar-refractivity contribution in [1.82, 2.24) is 10.2 Å². The molecule has 4 rings (SSSR count). The highest BCUT2D eigenvalue weighted by Crippen LogP contribution is 2.23. The fourth-order valence-corrected chi connectivity index (χ4v) is 5.84. The molecule has 1 aliphatic heterocycles. The number of nitrogens with one attached hydrogen (secondary N) is 1. The molecule has 9 heteroatoms. The van der Waals surface area contributed by atoms with Crippen LogP contribution in [0.5, 0.6) is 0 Å². The van der Waals surface area contributed by atoms with Gasteiger partial charge in [-0.2, -0.15) is 0 Å². The Morgan fingerprint density at radius 1 is 1.02 bits per heavy atom. The van der Waals surface area contributed by atoms with E-state index in [9.17, 15) is 23.5 Å². The van der Waals surface area contributed by atoms with Crippen molar-refractivity contribution in [2.24, 2.45) is 5.73 Å². The van der Waals surface area contributed by atoms with Gasteiger partial charge in [-0.3, -0.25) is 4.79 Å². The number of carbonyl (C=O) groups is 2. The highest BCUT2D eigenvalue weighted by atomic mass is 19.1. The molecule has 0 aliphatic carbocycles. The van der Waals surface area contributed by atoms with Crippen molar-refractivity contribution in [1.29, 1.82) is 0 Å². The number of nitrogens with two attached hydrogens (primary N) is 1. The van der Waals surface area contributed by atoms with Gasteiger partial charge in [-0.15, -0.1) is 0 Å². The Hall–Kier alpha value is -3.66. The zero-order chi connectivity index (χ0) is 31.6. The fraction of sp³-hybridized carbons (Fsp3) is 0.429. The Kier molecular flexibility index (Phi) is 12.0. The molecule has 44 heavy (non-hydrogen) atoms. The van der Waals surface area contributed by atoms with Crippen LogP contribution in [0.15, 0.2) is 60.7 Å². The normalized spacial score (nSPS) is 16.4. The molecule has 0 saturated carbocycles. The molecule has 0 spiro atoms. The Balaban J connectivity index is 1.52. The third-order valence-electron chi connectivity index (χ3n) is 8.11. The van der Waals surface area contributed by atoms with Crippen molar-refractivity contribution in [3.8, 4) is 0 Å². The third kappa shape index (κ3) is 9.17. The van der Waals surface area contributed by atoms with Crippen LogP contribution in [0.4, 0.5) is 8.78 Å². The van der Waals surface area contributed by atoms with Gasteiger partial charge in [0.1, 0.15) is 17.7 Å². The summed E-state index contributed by atoms with van der Waals surface area (Å²) in [5.74, 6) is -2.24. The highest BCUT2D eigenvalue weighted by molar-refractivity contribution is 5.98. The molecule has 0 bridgehead atoms. The molecule has 3 aromatic carbocycles. The number of nitrogens with zero attached hydrogens (tertiary/aromatic N) is 1. The van der Waals surface area contributed by atoms with Gasteiger partial charge in [-0.05, 0) is 98.0 Å². The van der Waals surface area contributed by atoms with Crippen LogP contribution in [-0.2, 0) is 24.1 Å². The van der Waals surface area contributed by atoms with Crippen molar-refractivity contribution in [3.05, 3.63) is 106 Å². The van der Waals surface area contributed by atoms with Gasteiger partial charge >= 0.3 is 5.97 Å². The van der Waals surface area contributed by atoms with Gasteiger partial charge in [-0.1, -0.05) is 31.2 Å². The lowest BCUT2D eigenvalue weighted by molar-refractivity contribution is 0.0238. The number of esters is 1. The van der Waals surface area contributed by atoms with Crippen LogP contribution < -0.4 is 11.1 Å². The minimum absolute atomic E-state index is 0.00181. The second kappa shape index (κ2) is 15.9.